The Morgan fingerprint density at radius 1 is 1.56 bits per heavy atom. The van der Waals surface area contributed by atoms with Gasteiger partial charge in [0.1, 0.15) is 11.5 Å². The lowest BCUT2D eigenvalue weighted by Crippen LogP contribution is -2.13. The number of hydrogen-bond donors (Lipinski definition) is 0. The Morgan fingerprint density at radius 2 is 2.28 bits per heavy atom. The first-order chi connectivity index (χ1) is 8.56. The highest BCUT2D eigenvalue weighted by molar-refractivity contribution is 9.10. The maximum absolute atomic E-state index is 13.7. The van der Waals surface area contributed by atoms with Crippen LogP contribution in [0.1, 0.15) is 23.0 Å². The van der Waals surface area contributed by atoms with Crippen LogP contribution in [0.4, 0.5) is 4.39 Å². The molecule has 6 heteroatoms. The van der Waals surface area contributed by atoms with Gasteiger partial charge in [-0.25, -0.2) is 4.39 Å². The predicted molar refractivity (Wildman–Crippen MR) is 70.4 cm³/mol. The summed E-state index contributed by atoms with van der Waals surface area (Å²) in [6, 6.07) is 4.37. The molecule has 0 atom stereocenters. The molecular formula is C12H9BrClFN2O. The summed E-state index contributed by atoms with van der Waals surface area (Å²) in [5.74, 6) is -1.07. The number of aryl methyl sites for hydroxylation is 1. The Balaban J connectivity index is 2.58. The van der Waals surface area contributed by atoms with Crippen molar-refractivity contribution in [1.29, 1.82) is 0 Å². The van der Waals surface area contributed by atoms with E-state index < -0.39 is 11.6 Å². The number of nitrogens with zero attached hydrogens (tertiary/aromatic N) is 2. The lowest BCUT2D eigenvalue weighted by molar-refractivity contribution is 0.102. The SMILES string of the molecule is CCn1ncc(Cl)c1C(=O)c1c(F)cccc1Br. The molecule has 1 aromatic heterocycles. The maximum Gasteiger partial charge on any atom is 0.216 e. The number of aromatic nitrogens is 2. The molecule has 0 aliphatic carbocycles. The van der Waals surface area contributed by atoms with Gasteiger partial charge in [-0.2, -0.15) is 5.10 Å². The average molecular weight is 332 g/mol. The molecule has 0 radical (unpaired) electrons. The van der Waals surface area contributed by atoms with Gasteiger partial charge in [-0.05, 0) is 35.0 Å². The summed E-state index contributed by atoms with van der Waals surface area (Å²) < 4.78 is 15.6. The van der Waals surface area contributed by atoms with Crippen molar-refractivity contribution < 1.29 is 9.18 Å². The van der Waals surface area contributed by atoms with Crippen molar-refractivity contribution in [3.8, 4) is 0 Å². The Bertz CT molecular complexity index is 592. The van der Waals surface area contributed by atoms with Gasteiger partial charge in [0.2, 0.25) is 5.78 Å². The van der Waals surface area contributed by atoms with Crippen LogP contribution < -0.4 is 0 Å². The third kappa shape index (κ3) is 2.20. The lowest BCUT2D eigenvalue weighted by atomic mass is 10.1. The molecule has 0 aliphatic rings. The van der Waals surface area contributed by atoms with Crippen LogP contribution in [-0.4, -0.2) is 15.6 Å². The molecule has 1 aromatic carbocycles. The largest absolute Gasteiger partial charge is 0.287 e. The molecule has 0 aliphatic heterocycles. The van der Waals surface area contributed by atoms with E-state index in [4.69, 9.17) is 11.6 Å². The van der Waals surface area contributed by atoms with E-state index in [9.17, 15) is 9.18 Å². The van der Waals surface area contributed by atoms with Gasteiger partial charge < -0.3 is 0 Å². The number of hydrogen-bond acceptors (Lipinski definition) is 2. The van der Waals surface area contributed by atoms with Gasteiger partial charge >= 0.3 is 0 Å². The Morgan fingerprint density at radius 3 is 2.89 bits per heavy atom. The van der Waals surface area contributed by atoms with Crippen molar-refractivity contribution in [2.24, 2.45) is 0 Å². The van der Waals surface area contributed by atoms with Gasteiger partial charge in [0.15, 0.2) is 0 Å². The Kier molecular flexibility index (Phi) is 3.82. The van der Waals surface area contributed by atoms with Crippen molar-refractivity contribution in [2.45, 2.75) is 13.5 Å². The summed E-state index contributed by atoms with van der Waals surface area (Å²) in [6.45, 7) is 2.32. The van der Waals surface area contributed by atoms with Crippen LogP contribution in [0.5, 0.6) is 0 Å². The van der Waals surface area contributed by atoms with Crippen LogP contribution in [0.25, 0.3) is 0 Å². The summed E-state index contributed by atoms with van der Waals surface area (Å²) in [5.41, 5.74) is 0.166. The number of carbonyl (C=O) groups excluding carboxylic acids is 1. The normalized spacial score (nSPS) is 10.7. The molecule has 94 valence electrons. The fraction of sp³-hybridized carbons (Fsp3) is 0.167. The van der Waals surface area contributed by atoms with E-state index in [1.807, 2.05) is 6.92 Å². The monoisotopic (exact) mass is 330 g/mol. The number of ketones is 1. The van der Waals surface area contributed by atoms with Crippen molar-refractivity contribution in [3.05, 3.63) is 51.0 Å². The van der Waals surface area contributed by atoms with Crippen LogP contribution >= 0.6 is 27.5 Å². The number of carbonyl (C=O) groups is 1. The molecule has 0 bridgehead atoms. The number of rotatable bonds is 3. The first-order valence-corrected chi connectivity index (χ1v) is 6.43. The molecule has 0 fully saturated rings. The molecule has 0 saturated heterocycles. The van der Waals surface area contributed by atoms with Crippen LogP contribution in [0, 0.1) is 5.82 Å². The van der Waals surface area contributed by atoms with E-state index >= 15 is 0 Å². The van der Waals surface area contributed by atoms with Crippen molar-refractivity contribution in [3.63, 3.8) is 0 Å². The molecule has 0 saturated carbocycles. The third-order valence-electron chi connectivity index (χ3n) is 2.50. The van der Waals surface area contributed by atoms with Crippen LogP contribution in [-0.2, 0) is 6.54 Å². The average Bonchev–Trinajstić information content (AvgIpc) is 2.70. The molecule has 2 aromatic rings. The molecule has 18 heavy (non-hydrogen) atoms. The topological polar surface area (TPSA) is 34.9 Å². The number of halogens is 3. The van der Waals surface area contributed by atoms with E-state index in [-0.39, 0.29) is 16.3 Å². The fourth-order valence-corrected chi connectivity index (χ4v) is 2.41. The quantitative estimate of drug-likeness (QED) is 0.804. The molecule has 0 spiro atoms. The summed E-state index contributed by atoms with van der Waals surface area (Å²) in [7, 11) is 0. The van der Waals surface area contributed by atoms with Gasteiger partial charge in [0.25, 0.3) is 0 Å². The van der Waals surface area contributed by atoms with Gasteiger partial charge in [0.05, 0.1) is 16.8 Å². The first-order valence-electron chi connectivity index (χ1n) is 5.26. The summed E-state index contributed by atoms with van der Waals surface area (Å²) in [4.78, 5) is 12.3. The molecule has 1 heterocycles. The molecule has 2 rings (SSSR count). The van der Waals surface area contributed by atoms with Gasteiger partial charge in [-0.15, -0.1) is 0 Å². The van der Waals surface area contributed by atoms with E-state index in [0.717, 1.165) is 0 Å². The van der Waals surface area contributed by atoms with Crippen LogP contribution in [0.2, 0.25) is 5.02 Å². The van der Waals surface area contributed by atoms with E-state index in [0.29, 0.717) is 11.0 Å². The van der Waals surface area contributed by atoms with E-state index in [1.165, 1.54) is 23.0 Å². The number of benzene rings is 1. The minimum atomic E-state index is -0.589. The standard InChI is InChI=1S/C12H9BrClFN2O/c1-2-17-11(8(14)6-16-17)12(18)10-7(13)4-3-5-9(10)15/h3-6H,2H2,1H3. The summed E-state index contributed by atoms with van der Waals surface area (Å²) in [5, 5.41) is 4.19. The highest BCUT2D eigenvalue weighted by atomic mass is 79.9. The molecule has 3 nitrogen and oxygen atoms in total. The molecule has 0 unspecified atom stereocenters. The first kappa shape index (κ1) is 13.2. The smallest absolute Gasteiger partial charge is 0.216 e. The van der Waals surface area contributed by atoms with Gasteiger partial charge in [0, 0.05) is 11.0 Å². The summed E-state index contributed by atoms with van der Waals surface area (Å²) >= 11 is 9.10. The molecule has 0 N–H and O–H groups in total. The Labute approximate surface area is 117 Å². The second-order valence-corrected chi connectivity index (χ2v) is 4.84. The zero-order valence-electron chi connectivity index (χ0n) is 9.45. The Hall–Kier alpha value is -1.20. The summed E-state index contributed by atoms with van der Waals surface area (Å²) in [6.07, 6.45) is 1.38. The highest BCUT2D eigenvalue weighted by Crippen LogP contribution is 2.26. The minimum absolute atomic E-state index is 0.0328. The van der Waals surface area contributed by atoms with Crippen molar-refractivity contribution in [1.82, 2.24) is 9.78 Å². The molecular weight excluding hydrogens is 322 g/mol. The second kappa shape index (κ2) is 5.20. The van der Waals surface area contributed by atoms with Crippen molar-refractivity contribution >= 4 is 33.3 Å². The van der Waals surface area contributed by atoms with Gasteiger partial charge in [-0.1, -0.05) is 17.7 Å². The van der Waals surface area contributed by atoms with Gasteiger partial charge in [-0.3, -0.25) is 9.48 Å². The molecule has 0 amide bonds. The van der Waals surface area contributed by atoms with Crippen LogP contribution in [0.15, 0.2) is 28.9 Å². The highest BCUT2D eigenvalue weighted by Gasteiger charge is 2.23. The lowest BCUT2D eigenvalue weighted by Gasteiger charge is -2.07. The van der Waals surface area contributed by atoms with Crippen molar-refractivity contribution in [2.75, 3.05) is 0 Å². The maximum atomic E-state index is 13.7. The van der Waals surface area contributed by atoms with E-state index in [1.54, 1.807) is 6.07 Å². The van der Waals surface area contributed by atoms with Crippen LogP contribution in [0.3, 0.4) is 0 Å². The predicted octanol–water partition coefficient (Wildman–Crippen LogP) is 3.69. The van der Waals surface area contributed by atoms with E-state index in [2.05, 4.69) is 21.0 Å². The zero-order chi connectivity index (χ0) is 13.3. The fourth-order valence-electron chi connectivity index (χ4n) is 1.66. The zero-order valence-corrected chi connectivity index (χ0v) is 11.8. The second-order valence-electron chi connectivity index (χ2n) is 3.58. The minimum Gasteiger partial charge on any atom is -0.287 e. The third-order valence-corrected chi connectivity index (χ3v) is 3.44.